The van der Waals surface area contributed by atoms with E-state index in [1.54, 1.807) is 6.07 Å². The van der Waals surface area contributed by atoms with Crippen LogP contribution in [0.4, 0.5) is 29.5 Å². The maximum absolute atomic E-state index is 14.3. The van der Waals surface area contributed by atoms with Crippen LogP contribution in [-0.4, -0.2) is 44.8 Å². The molecular weight excluding hydrogens is 568 g/mol. The zero-order valence-electron chi connectivity index (χ0n) is 20.5. The van der Waals surface area contributed by atoms with Gasteiger partial charge in [-0.2, -0.15) is 4.31 Å². The number of rotatable bonds is 7. The number of anilines is 1. The van der Waals surface area contributed by atoms with E-state index in [1.165, 1.54) is 47.8 Å². The average Bonchev–Trinajstić information content (AvgIpc) is 2.87. The second-order valence-electron chi connectivity index (χ2n) is 9.11. The summed E-state index contributed by atoms with van der Waals surface area (Å²) < 4.78 is 106. The minimum absolute atomic E-state index is 0.0340. The Morgan fingerprint density at radius 2 is 1.44 bits per heavy atom. The van der Waals surface area contributed by atoms with Gasteiger partial charge in [0.25, 0.3) is 5.91 Å². The summed E-state index contributed by atoms with van der Waals surface area (Å²) in [6.07, 6.45) is 0.690. The monoisotopic (exact) mass is 593 g/mol. The van der Waals surface area contributed by atoms with Crippen LogP contribution in [0.25, 0.3) is 11.1 Å². The van der Waals surface area contributed by atoms with Crippen LogP contribution in [0, 0.1) is 5.82 Å². The van der Waals surface area contributed by atoms with E-state index in [0.29, 0.717) is 36.1 Å². The molecule has 3 aromatic carbocycles. The van der Waals surface area contributed by atoms with Gasteiger partial charge in [0, 0.05) is 31.9 Å². The first-order valence-corrected chi connectivity index (χ1v) is 15.1. The highest BCUT2D eigenvalue weighted by Crippen LogP contribution is 3.02. The van der Waals surface area contributed by atoms with E-state index in [1.807, 2.05) is 0 Å². The molecule has 0 spiro atoms. The topological polar surface area (TPSA) is 78.5 Å². The molecule has 1 amide bonds. The van der Waals surface area contributed by atoms with Crippen LogP contribution < -0.4 is 10.6 Å². The molecule has 0 saturated carbocycles. The highest BCUT2D eigenvalue weighted by molar-refractivity contribution is 8.45. The number of amides is 1. The molecule has 0 aliphatic carbocycles. The van der Waals surface area contributed by atoms with Crippen LogP contribution in [0.5, 0.6) is 0 Å². The fourth-order valence-corrected chi connectivity index (χ4v) is 6.39. The quantitative estimate of drug-likeness (QED) is 0.296. The van der Waals surface area contributed by atoms with Gasteiger partial charge in [0.05, 0.1) is 10.5 Å². The van der Waals surface area contributed by atoms with Crippen LogP contribution >= 0.6 is 10.2 Å². The maximum atomic E-state index is 14.3. The number of piperidine rings is 1. The Hall–Kier alpha value is -3.23. The molecule has 0 radical (unpaired) electrons. The number of carbonyl (C=O) groups is 1. The van der Waals surface area contributed by atoms with Crippen molar-refractivity contribution in [3.8, 4) is 11.1 Å². The lowest BCUT2D eigenvalue weighted by Crippen LogP contribution is -2.42. The van der Waals surface area contributed by atoms with Crippen LogP contribution in [0.1, 0.15) is 23.2 Å². The number of hydrogen-bond donors (Lipinski definition) is 2. The first kappa shape index (κ1) is 28.8. The SMILES string of the molecule is CNC(=O)c1ccc(-c2ccc(S(=O)(=O)N3CCC(Nc4ccc(S(F)(F)(F)(F)F)cc4)CC3)cc2)cc1F. The highest BCUT2D eigenvalue weighted by Gasteiger charge is 2.65. The van der Waals surface area contributed by atoms with Crippen molar-refractivity contribution in [3.63, 3.8) is 0 Å². The minimum Gasteiger partial charge on any atom is -0.382 e. The van der Waals surface area contributed by atoms with Gasteiger partial charge in [0.15, 0.2) is 0 Å². The molecule has 212 valence electrons. The molecule has 0 unspecified atom stereocenters. The van der Waals surface area contributed by atoms with Crippen molar-refractivity contribution in [3.05, 3.63) is 78.1 Å². The molecule has 1 heterocycles. The first-order valence-electron chi connectivity index (χ1n) is 11.7. The minimum atomic E-state index is -9.75. The standard InChI is InChI=1S/C25H25F6N3O3S2/c1-32-25(35)23-11-4-18(16-24(23)26)17-2-7-21(8-3-17)38(36,37)34-14-12-20(13-15-34)33-19-5-9-22(10-6-19)39(27,28,29,30)31/h2-11,16,20,33H,12-15H2,1H3,(H,32,35). The van der Waals surface area contributed by atoms with Crippen molar-refractivity contribution in [1.29, 1.82) is 0 Å². The molecule has 1 saturated heterocycles. The number of benzene rings is 3. The summed E-state index contributed by atoms with van der Waals surface area (Å²) in [5.41, 5.74) is 1.12. The van der Waals surface area contributed by atoms with Gasteiger partial charge in [0.2, 0.25) is 10.0 Å². The van der Waals surface area contributed by atoms with Gasteiger partial charge in [-0.1, -0.05) is 37.6 Å². The van der Waals surface area contributed by atoms with E-state index in [-0.39, 0.29) is 35.3 Å². The molecule has 4 rings (SSSR count). The van der Waals surface area contributed by atoms with E-state index in [9.17, 15) is 37.0 Å². The van der Waals surface area contributed by atoms with Crippen molar-refractivity contribution in [2.75, 3.05) is 25.5 Å². The largest absolute Gasteiger partial charge is 0.382 e. The van der Waals surface area contributed by atoms with Crippen molar-refractivity contribution in [2.24, 2.45) is 0 Å². The van der Waals surface area contributed by atoms with Gasteiger partial charge in [-0.05, 0) is 72.5 Å². The Labute approximate surface area is 221 Å². The van der Waals surface area contributed by atoms with E-state index in [2.05, 4.69) is 10.6 Å². The van der Waals surface area contributed by atoms with E-state index in [0.717, 1.165) is 12.1 Å². The number of nitrogens with one attached hydrogen (secondary N) is 2. The molecule has 14 heteroatoms. The van der Waals surface area contributed by atoms with Crippen molar-refractivity contribution in [1.82, 2.24) is 9.62 Å². The summed E-state index contributed by atoms with van der Waals surface area (Å²) in [5, 5.41) is 5.31. The summed E-state index contributed by atoms with van der Waals surface area (Å²) in [6.45, 7) is 0.273. The summed E-state index contributed by atoms with van der Waals surface area (Å²) in [7, 11) is -12.2. The Balaban J connectivity index is 1.39. The molecule has 0 atom stereocenters. The Morgan fingerprint density at radius 1 is 0.872 bits per heavy atom. The van der Waals surface area contributed by atoms with Gasteiger partial charge in [-0.25, -0.2) is 12.8 Å². The maximum Gasteiger partial charge on any atom is 0.310 e. The Bertz CT molecular complexity index is 1490. The molecule has 0 bridgehead atoms. The summed E-state index contributed by atoms with van der Waals surface area (Å²) in [5.74, 6) is -1.28. The molecule has 3 aromatic rings. The molecule has 1 fully saturated rings. The predicted octanol–water partition coefficient (Wildman–Crippen LogP) is 6.77. The van der Waals surface area contributed by atoms with Crippen LogP contribution in [0.2, 0.25) is 0 Å². The summed E-state index contributed by atoms with van der Waals surface area (Å²) >= 11 is 0. The molecule has 1 aliphatic heterocycles. The lowest BCUT2D eigenvalue weighted by atomic mass is 10.0. The molecule has 1 aliphatic rings. The van der Waals surface area contributed by atoms with E-state index in [4.69, 9.17) is 0 Å². The van der Waals surface area contributed by atoms with Gasteiger partial charge in [-0.3, -0.25) is 4.79 Å². The van der Waals surface area contributed by atoms with Crippen LogP contribution in [0.3, 0.4) is 0 Å². The molecule has 2 N–H and O–H groups in total. The number of halogens is 6. The number of nitrogens with zero attached hydrogens (tertiary/aromatic N) is 1. The molecule has 39 heavy (non-hydrogen) atoms. The second-order valence-corrected chi connectivity index (χ2v) is 13.5. The predicted molar refractivity (Wildman–Crippen MR) is 138 cm³/mol. The zero-order chi connectivity index (χ0) is 28.7. The van der Waals surface area contributed by atoms with E-state index >= 15 is 0 Å². The van der Waals surface area contributed by atoms with Gasteiger partial charge < -0.3 is 10.6 Å². The smallest absolute Gasteiger partial charge is 0.310 e. The van der Waals surface area contributed by atoms with Gasteiger partial charge >= 0.3 is 10.2 Å². The molecule has 6 nitrogen and oxygen atoms in total. The number of hydrogen-bond acceptors (Lipinski definition) is 4. The normalized spacial score (nSPS) is 17.2. The summed E-state index contributed by atoms with van der Waals surface area (Å²) in [6, 6.07) is 12.2. The lowest BCUT2D eigenvalue weighted by Gasteiger charge is -2.40. The number of carbonyl (C=O) groups excluding carboxylic acids is 1. The Kier molecular flexibility index (Phi) is 6.97. The first-order chi connectivity index (χ1) is 18.0. The van der Waals surface area contributed by atoms with Gasteiger partial charge in [0.1, 0.15) is 10.7 Å². The average molecular weight is 594 g/mol. The molecular formula is C25H25F6N3O3S2. The second kappa shape index (κ2) is 9.45. The van der Waals surface area contributed by atoms with Crippen molar-refractivity contribution < 1.29 is 37.0 Å². The third-order valence-corrected chi connectivity index (χ3v) is 9.47. The zero-order valence-corrected chi connectivity index (χ0v) is 22.1. The third-order valence-electron chi connectivity index (χ3n) is 6.39. The van der Waals surface area contributed by atoms with Gasteiger partial charge in [-0.15, -0.1) is 0 Å². The highest BCUT2D eigenvalue weighted by atomic mass is 32.5. The lowest BCUT2D eigenvalue weighted by molar-refractivity contribution is 0.0959. The fraction of sp³-hybridized carbons (Fsp3) is 0.240. The third kappa shape index (κ3) is 6.50. The van der Waals surface area contributed by atoms with Crippen molar-refractivity contribution in [2.45, 2.75) is 28.7 Å². The van der Waals surface area contributed by atoms with E-state index < -0.39 is 36.9 Å². The van der Waals surface area contributed by atoms with Crippen LogP contribution in [-0.2, 0) is 10.0 Å². The molecule has 0 aromatic heterocycles. The van der Waals surface area contributed by atoms with Crippen molar-refractivity contribution >= 4 is 31.8 Å². The summed E-state index contributed by atoms with van der Waals surface area (Å²) in [4.78, 5) is 9.74. The van der Waals surface area contributed by atoms with Crippen LogP contribution in [0.15, 0.2) is 76.5 Å². The fourth-order valence-electron chi connectivity index (χ4n) is 4.27. The Morgan fingerprint density at radius 3 is 1.95 bits per heavy atom. The number of sulfonamides is 1.